The Bertz CT molecular complexity index is 817. The summed E-state index contributed by atoms with van der Waals surface area (Å²) < 4.78 is 28.2. The maximum Gasteiger partial charge on any atom is 0.328 e. The average Bonchev–Trinajstić information content (AvgIpc) is 2.97. The summed E-state index contributed by atoms with van der Waals surface area (Å²) in [6.07, 6.45) is 8.31. The van der Waals surface area contributed by atoms with E-state index in [0.717, 1.165) is 64.1 Å². The van der Waals surface area contributed by atoms with E-state index in [4.69, 9.17) is 4.99 Å². The number of amidine groups is 1. The second-order valence-corrected chi connectivity index (χ2v) is 9.76. The quantitative estimate of drug-likeness (QED) is 0.703. The van der Waals surface area contributed by atoms with Crippen molar-refractivity contribution in [2.75, 3.05) is 24.5 Å². The molecule has 0 aromatic heterocycles. The van der Waals surface area contributed by atoms with E-state index in [2.05, 4.69) is 24.1 Å². The number of carbonyl (C=O) groups excluding carboxylic acids is 1. The molecule has 1 aromatic carbocycles. The van der Waals surface area contributed by atoms with Crippen LogP contribution in [0, 0.1) is 17.6 Å². The molecule has 1 N–H and O–H groups in total. The molecule has 7 heteroatoms. The molecule has 5 nitrogen and oxygen atoms in total. The summed E-state index contributed by atoms with van der Waals surface area (Å²) in [5.74, 6) is -0.0838. The van der Waals surface area contributed by atoms with Crippen molar-refractivity contribution < 1.29 is 13.6 Å². The zero-order chi connectivity index (χ0) is 22.0. The van der Waals surface area contributed by atoms with Crippen LogP contribution >= 0.6 is 0 Å². The highest BCUT2D eigenvalue weighted by Crippen LogP contribution is 2.38. The van der Waals surface area contributed by atoms with Gasteiger partial charge in [-0.3, -0.25) is 15.2 Å². The Morgan fingerprint density at radius 1 is 1.13 bits per heavy atom. The Kier molecular flexibility index (Phi) is 6.60. The van der Waals surface area contributed by atoms with Gasteiger partial charge in [0.15, 0.2) is 0 Å². The number of halogens is 2. The molecule has 0 radical (unpaired) electrons. The summed E-state index contributed by atoms with van der Waals surface area (Å²) >= 11 is 0. The summed E-state index contributed by atoms with van der Waals surface area (Å²) in [4.78, 5) is 22.2. The SMILES string of the molecule is CC(C)CCN1CCCC2(C1)C(=NC1CCCCC1)NC(=O)N2c1cc(F)cc(F)c1. The second-order valence-electron chi connectivity index (χ2n) is 9.76. The third-order valence-electron chi connectivity index (χ3n) is 6.86. The normalized spacial score (nSPS) is 26.9. The van der Waals surface area contributed by atoms with Crippen LogP contribution in [0.4, 0.5) is 19.3 Å². The number of urea groups is 1. The molecule has 3 aliphatic rings. The van der Waals surface area contributed by atoms with E-state index in [-0.39, 0.29) is 17.8 Å². The molecule has 31 heavy (non-hydrogen) atoms. The smallest absolute Gasteiger partial charge is 0.301 e. The van der Waals surface area contributed by atoms with Gasteiger partial charge in [-0.15, -0.1) is 0 Å². The van der Waals surface area contributed by atoms with Crippen LogP contribution in [0.15, 0.2) is 23.2 Å². The predicted molar refractivity (Wildman–Crippen MR) is 120 cm³/mol. The predicted octanol–water partition coefficient (Wildman–Crippen LogP) is 5.11. The van der Waals surface area contributed by atoms with Crippen molar-refractivity contribution in [2.24, 2.45) is 10.9 Å². The standard InChI is InChI=1S/C24H34F2N4O/c1-17(2)9-12-29-11-6-10-24(16-29)22(27-20-7-4-3-5-8-20)28-23(31)30(24)21-14-18(25)13-19(26)15-21/h13-15,17,20H,3-12,16H2,1-2H3,(H,27,28,31). The number of carbonyl (C=O) groups is 1. The fourth-order valence-corrected chi connectivity index (χ4v) is 5.28. The van der Waals surface area contributed by atoms with Crippen molar-refractivity contribution >= 4 is 17.6 Å². The highest BCUT2D eigenvalue weighted by molar-refractivity contribution is 6.19. The number of anilines is 1. The van der Waals surface area contributed by atoms with Crippen LogP contribution in [0.5, 0.6) is 0 Å². The first kappa shape index (κ1) is 22.2. The van der Waals surface area contributed by atoms with Crippen molar-refractivity contribution in [3.8, 4) is 0 Å². The zero-order valence-corrected chi connectivity index (χ0v) is 18.7. The molecule has 170 valence electrons. The van der Waals surface area contributed by atoms with E-state index >= 15 is 0 Å². The van der Waals surface area contributed by atoms with E-state index in [1.54, 1.807) is 4.90 Å². The molecule has 1 atom stereocenters. The van der Waals surface area contributed by atoms with E-state index < -0.39 is 17.2 Å². The summed E-state index contributed by atoms with van der Waals surface area (Å²) in [6.45, 7) is 6.94. The highest BCUT2D eigenvalue weighted by Gasteiger charge is 2.54. The molecule has 0 bridgehead atoms. The minimum Gasteiger partial charge on any atom is -0.301 e. The first-order chi connectivity index (χ1) is 14.9. The van der Waals surface area contributed by atoms with Gasteiger partial charge in [0.2, 0.25) is 0 Å². The highest BCUT2D eigenvalue weighted by atomic mass is 19.1. The largest absolute Gasteiger partial charge is 0.328 e. The molecule has 1 aromatic rings. The number of amides is 2. The molecule has 1 saturated carbocycles. The minimum atomic E-state index is -0.704. The molecule has 2 heterocycles. The zero-order valence-electron chi connectivity index (χ0n) is 18.7. The third-order valence-corrected chi connectivity index (χ3v) is 6.86. The topological polar surface area (TPSA) is 47.9 Å². The van der Waals surface area contributed by atoms with Gasteiger partial charge in [0.25, 0.3) is 0 Å². The summed E-state index contributed by atoms with van der Waals surface area (Å²) in [5.41, 5.74) is -0.446. The Hall–Kier alpha value is -2.02. The van der Waals surface area contributed by atoms with Gasteiger partial charge in [0.05, 0.1) is 11.7 Å². The van der Waals surface area contributed by atoms with E-state index in [9.17, 15) is 13.6 Å². The Balaban J connectivity index is 1.72. The van der Waals surface area contributed by atoms with Gasteiger partial charge in [0.1, 0.15) is 23.0 Å². The number of aliphatic imine (C=N–C) groups is 1. The maximum absolute atomic E-state index is 14.1. The fraction of sp³-hybridized carbons (Fsp3) is 0.667. The lowest BCUT2D eigenvalue weighted by molar-refractivity contribution is 0.175. The molecule has 1 unspecified atom stereocenters. The average molecular weight is 433 g/mol. The summed E-state index contributed by atoms with van der Waals surface area (Å²) in [7, 11) is 0. The van der Waals surface area contributed by atoms with Crippen molar-refractivity contribution in [1.82, 2.24) is 10.2 Å². The molecule has 1 spiro atoms. The Morgan fingerprint density at radius 3 is 2.52 bits per heavy atom. The van der Waals surface area contributed by atoms with E-state index in [1.807, 2.05) is 0 Å². The molecule has 4 rings (SSSR count). The lowest BCUT2D eigenvalue weighted by Crippen LogP contribution is -2.60. The van der Waals surface area contributed by atoms with Crippen LogP contribution in [0.25, 0.3) is 0 Å². The van der Waals surface area contributed by atoms with E-state index in [1.165, 1.54) is 18.6 Å². The first-order valence-corrected chi connectivity index (χ1v) is 11.8. The molecule has 2 saturated heterocycles. The fourth-order valence-electron chi connectivity index (χ4n) is 5.28. The lowest BCUT2D eigenvalue weighted by atomic mass is 9.85. The number of rotatable bonds is 5. The van der Waals surface area contributed by atoms with Crippen LogP contribution in [-0.2, 0) is 0 Å². The van der Waals surface area contributed by atoms with Gasteiger partial charge in [0, 0.05) is 12.6 Å². The van der Waals surface area contributed by atoms with Gasteiger partial charge < -0.3 is 4.90 Å². The van der Waals surface area contributed by atoms with Gasteiger partial charge in [-0.25, -0.2) is 13.6 Å². The summed E-state index contributed by atoms with van der Waals surface area (Å²) in [5, 5.41) is 3.00. The van der Waals surface area contributed by atoms with Crippen LogP contribution in [0.1, 0.15) is 65.2 Å². The van der Waals surface area contributed by atoms with Gasteiger partial charge in [-0.1, -0.05) is 33.1 Å². The number of piperidine rings is 1. The van der Waals surface area contributed by atoms with Crippen molar-refractivity contribution in [1.29, 1.82) is 0 Å². The van der Waals surface area contributed by atoms with Crippen LogP contribution in [0.3, 0.4) is 0 Å². The van der Waals surface area contributed by atoms with Gasteiger partial charge in [-0.05, 0) is 63.2 Å². The number of hydrogen-bond acceptors (Lipinski definition) is 3. The summed E-state index contributed by atoms with van der Waals surface area (Å²) in [6, 6.07) is 3.21. The lowest BCUT2D eigenvalue weighted by Gasteiger charge is -2.45. The van der Waals surface area contributed by atoms with E-state index in [0.29, 0.717) is 18.3 Å². The Labute approximate surface area is 183 Å². The number of nitrogens with one attached hydrogen (secondary N) is 1. The number of nitrogens with zero attached hydrogens (tertiary/aromatic N) is 3. The molecule has 2 aliphatic heterocycles. The molecular weight excluding hydrogens is 398 g/mol. The van der Waals surface area contributed by atoms with Crippen molar-refractivity contribution in [3.05, 3.63) is 29.8 Å². The molecular formula is C24H34F2N4O. The second kappa shape index (κ2) is 9.23. The van der Waals surface area contributed by atoms with Crippen LogP contribution in [-0.4, -0.2) is 48.0 Å². The minimum absolute atomic E-state index is 0.205. The molecule has 3 fully saturated rings. The number of likely N-dealkylation sites (tertiary alicyclic amines) is 1. The van der Waals surface area contributed by atoms with Crippen molar-refractivity contribution in [3.63, 3.8) is 0 Å². The van der Waals surface area contributed by atoms with Gasteiger partial charge in [-0.2, -0.15) is 0 Å². The number of benzene rings is 1. The Morgan fingerprint density at radius 2 is 1.84 bits per heavy atom. The molecule has 2 amide bonds. The van der Waals surface area contributed by atoms with Crippen LogP contribution < -0.4 is 10.2 Å². The molecule has 1 aliphatic carbocycles. The van der Waals surface area contributed by atoms with Crippen LogP contribution in [0.2, 0.25) is 0 Å². The third kappa shape index (κ3) is 4.76. The maximum atomic E-state index is 14.1. The monoisotopic (exact) mass is 432 g/mol. The first-order valence-electron chi connectivity index (χ1n) is 11.8. The number of hydrogen-bond donors (Lipinski definition) is 1. The van der Waals surface area contributed by atoms with Crippen molar-refractivity contribution in [2.45, 2.75) is 76.8 Å². The van der Waals surface area contributed by atoms with Gasteiger partial charge >= 0.3 is 6.03 Å².